The Labute approximate surface area is 500 Å². The lowest BCUT2D eigenvalue weighted by atomic mass is 9.85. The van der Waals surface area contributed by atoms with E-state index < -0.39 is 158 Å². The van der Waals surface area contributed by atoms with Gasteiger partial charge in [0.1, 0.15) is 29.6 Å². The first kappa shape index (κ1) is 67.8. The number of aliphatic hydroxyl groups excluding tert-OH is 3. The number of benzene rings is 1. The highest BCUT2D eigenvalue weighted by Crippen LogP contribution is 2.36. The van der Waals surface area contributed by atoms with Gasteiger partial charge in [-0.25, -0.2) is 0 Å². The Kier molecular flexibility index (Phi) is 24.3. The van der Waals surface area contributed by atoms with Gasteiger partial charge in [-0.05, 0) is 56.2 Å². The van der Waals surface area contributed by atoms with Crippen LogP contribution in [0, 0.1) is 29.6 Å². The van der Waals surface area contributed by atoms with Crippen LogP contribution in [0.4, 0.5) is 0 Å². The van der Waals surface area contributed by atoms with Crippen molar-refractivity contribution in [3.8, 4) is 5.75 Å². The molecule has 472 valence electrons. The molecule has 5 aliphatic rings. The average molecular weight is 1220 g/mol. The number of H-pyrrole nitrogens is 1. The van der Waals surface area contributed by atoms with E-state index in [9.17, 15) is 78.0 Å². The lowest BCUT2D eigenvalue weighted by Gasteiger charge is -2.32. The third-order valence-corrected chi connectivity index (χ3v) is 18.1. The van der Waals surface area contributed by atoms with E-state index in [2.05, 4.69) is 41.8 Å². The Balaban J connectivity index is 0.0000118. The van der Waals surface area contributed by atoms with E-state index in [0.717, 1.165) is 9.80 Å². The van der Waals surface area contributed by atoms with Crippen LogP contribution in [0.3, 0.4) is 0 Å². The number of unbranched alkanes of at least 4 members (excludes halogenated alkanes) is 2. The second-order valence-corrected chi connectivity index (χ2v) is 24.2. The summed E-state index contributed by atoms with van der Waals surface area (Å²) in [5, 5.41) is 60.5. The first-order valence-electron chi connectivity index (χ1n) is 29.1. The highest BCUT2D eigenvalue weighted by Gasteiger charge is 2.45. The normalized spacial score (nSPS) is 26.2. The first-order chi connectivity index (χ1) is 40.5. The average Bonchev–Trinajstić information content (AvgIpc) is 1.84. The number of imide groups is 1. The van der Waals surface area contributed by atoms with E-state index in [4.69, 9.17) is 5.73 Å². The number of aliphatic hydroxyl groups is 3. The van der Waals surface area contributed by atoms with Crippen LogP contribution in [0.5, 0.6) is 5.75 Å². The SMILES string of the molecule is CC[C@H](C)[C@@H]1NC(=O)CNC(=O)[C@@H]2CC(=O)[C@H]([C@@H](C)[C@@H](O)CO)NC(=O)[C@@H]3C[C@@H](O)CN3C(=O)[C@H](CC(N)=O)CC(=O)[C@H](C[SH+]c3[nH]c4c(CN5CC[C@H](CNC(=O)CCCCCN6C(=O)C=CC6=O)C5)c(O)ccc4c3C2)NC(=O)CNC1=O.[OH-]. The Morgan fingerprint density at radius 2 is 1.55 bits per heavy atom. The number of aromatic hydroxyl groups is 1. The van der Waals surface area contributed by atoms with Gasteiger partial charge in [0, 0.05) is 117 Å². The van der Waals surface area contributed by atoms with Crippen molar-refractivity contribution in [2.45, 2.75) is 139 Å². The fraction of sp³-hybridized carbons (Fsp3) is 0.614. The fourth-order valence-electron chi connectivity index (χ4n) is 11.6. The fourth-order valence-corrected chi connectivity index (χ4v) is 12.9. The number of rotatable bonds is 17. The topological polar surface area (TPSA) is 439 Å². The van der Waals surface area contributed by atoms with Crippen molar-refractivity contribution < 1.29 is 83.4 Å². The van der Waals surface area contributed by atoms with Crippen molar-refractivity contribution >= 4 is 93.3 Å². The van der Waals surface area contributed by atoms with Gasteiger partial charge in [0.25, 0.3) is 11.8 Å². The van der Waals surface area contributed by atoms with Crippen molar-refractivity contribution in [1.82, 2.24) is 51.6 Å². The minimum absolute atomic E-state index is 0. The number of aromatic amines is 1. The third kappa shape index (κ3) is 17.2. The number of primary amides is 1. The number of thiol groups is 1. The summed E-state index contributed by atoms with van der Waals surface area (Å²) < 4.78 is 0. The van der Waals surface area contributed by atoms with Crippen LogP contribution in [0.1, 0.15) is 96.1 Å². The summed E-state index contributed by atoms with van der Waals surface area (Å²) in [5.41, 5.74) is 6.91. The smallest absolute Gasteiger partial charge is 0.253 e. The number of carbonyl (C=O) groups is 12. The number of ketones is 2. The summed E-state index contributed by atoms with van der Waals surface area (Å²) >= 11 is 0.281. The highest BCUT2D eigenvalue weighted by molar-refractivity contribution is 7.78. The van der Waals surface area contributed by atoms with Crippen LogP contribution < -0.4 is 37.6 Å². The molecule has 10 amide bonds. The molecule has 11 atom stereocenters. The molecule has 29 heteroatoms. The van der Waals surface area contributed by atoms with Crippen LogP contribution in [0.25, 0.3) is 10.9 Å². The molecule has 2 saturated heterocycles. The maximum Gasteiger partial charge on any atom is 0.253 e. The Hall–Kier alpha value is -7.31. The summed E-state index contributed by atoms with van der Waals surface area (Å²) in [4.78, 5) is 172. The van der Waals surface area contributed by atoms with Gasteiger partial charge in [0.05, 0.1) is 49.4 Å². The minimum Gasteiger partial charge on any atom is -0.870 e. The molecule has 2 fully saturated rings. The van der Waals surface area contributed by atoms with Crippen LogP contribution in [-0.4, -0.2) is 211 Å². The van der Waals surface area contributed by atoms with Gasteiger partial charge in [-0.15, -0.1) is 0 Å². The number of carbonyl (C=O) groups excluding carboxylic acids is 12. The molecule has 0 spiro atoms. The van der Waals surface area contributed by atoms with Crippen molar-refractivity contribution in [3.63, 3.8) is 0 Å². The minimum atomic E-state index is -1.65. The van der Waals surface area contributed by atoms with Gasteiger partial charge in [-0.1, -0.05) is 33.6 Å². The van der Waals surface area contributed by atoms with Gasteiger partial charge >= 0.3 is 0 Å². The predicted molar refractivity (Wildman–Crippen MR) is 308 cm³/mol. The molecule has 14 N–H and O–H groups in total. The molecule has 1 aromatic heterocycles. The van der Waals surface area contributed by atoms with Crippen LogP contribution in [0.15, 0.2) is 29.3 Å². The van der Waals surface area contributed by atoms with E-state index >= 15 is 0 Å². The number of aromatic nitrogens is 1. The number of hydrogen-bond donors (Lipinski definition) is 12. The van der Waals surface area contributed by atoms with Crippen molar-refractivity contribution in [3.05, 3.63) is 35.4 Å². The van der Waals surface area contributed by atoms with Gasteiger partial charge in [0.15, 0.2) is 11.6 Å². The zero-order chi connectivity index (χ0) is 61.8. The predicted octanol–water partition coefficient (Wildman–Crippen LogP) is -3.43. The zero-order valence-electron chi connectivity index (χ0n) is 48.5. The van der Waals surface area contributed by atoms with Gasteiger partial charge in [-0.2, -0.15) is 0 Å². The van der Waals surface area contributed by atoms with Crippen molar-refractivity contribution in [1.29, 1.82) is 0 Å². The van der Waals surface area contributed by atoms with Crippen molar-refractivity contribution in [2.24, 2.45) is 35.3 Å². The number of hydrogen-bond acceptors (Lipinski definition) is 18. The van der Waals surface area contributed by atoms with E-state index in [1.165, 1.54) is 25.1 Å². The molecule has 2 aromatic rings. The summed E-state index contributed by atoms with van der Waals surface area (Å²) in [5.74, 6) is -13.5. The van der Waals surface area contributed by atoms with Gasteiger partial charge in [0.2, 0.25) is 52.3 Å². The zero-order valence-corrected chi connectivity index (χ0v) is 49.4. The molecule has 0 aliphatic carbocycles. The maximum atomic E-state index is 15.0. The standard InChI is InChI=1S/C57H79N11O16S.H2O/c1-4-29(2)50-55(83)61-22-46(77)62-38-28-85-56-36(35-9-10-40(71)37(52(35)65-56)26-66-15-13-31(24-66)21-59-45(76)8-6-5-7-14-67-48(79)11-12-49(67)80)16-32(53(81)60-23-47(78)63-50)17-42(73)51(30(3)43(74)27-69)64-54(82)39-20-34(70)25-68(39)57(84)33(18-41(38)72)19-44(58)75;/h9-12,29-34,38-39,43,50-51,65,69-71,74H,4-8,13-28H2,1-3H3,(H2,58,75)(H,59,76)(H,60,81)(H,61,83)(H,62,77)(H,63,78)(H,64,82);1H2/t29-,30-,31+,32-,33-,34+,38-,39-,43-,50-,51-;/m0./s1. The molecule has 7 rings (SSSR count). The molecule has 6 heterocycles. The Bertz CT molecular complexity index is 2920. The molecule has 86 heavy (non-hydrogen) atoms. The van der Waals surface area contributed by atoms with Crippen molar-refractivity contribution in [2.75, 3.05) is 58.2 Å². The largest absolute Gasteiger partial charge is 0.870 e. The third-order valence-electron chi connectivity index (χ3n) is 16.8. The number of likely N-dealkylation sites (tertiary alicyclic amines) is 1. The maximum absolute atomic E-state index is 15.0. The Morgan fingerprint density at radius 3 is 2.23 bits per heavy atom. The van der Waals surface area contributed by atoms with Crippen LogP contribution in [-0.2, 0) is 82.3 Å². The summed E-state index contributed by atoms with van der Waals surface area (Å²) in [6.07, 6.45) is -0.0246. The lowest BCUT2D eigenvalue weighted by molar-refractivity contribution is -0.145. The number of amides is 10. The molecular weight excluding hydrogens is 1140 g/mol. The number of phenolic OH excluding ortho intramolecular Hbond substituents is 1. The monoisotopic (exact) mass is 1220 g/mol. The van der Waals surface area contributed by atoms with Crippen LogP contribution >= 0.6 is 0 Å². The number of Topliss-reactive ketones (excluding diaryl/α,β-unsaturated/α-hetero) is 2. The molecule has 0 unspecified atom stereocenters. The molecule has 0 radical (unpaired) electrons. The summed E-state index contributed by atoms with van der Waals surface area (Å²) in [6, 6.07) is -2.71. The number of nitrogens with one attached hydrogen (secondary N) is 7. The van der Waals surface area contributed by atoms with E-state index in [-0.39, 0.29) is 84.7 Å². The molecule has 5 aliphatic heterocycles. The molecule has 2 bridgehead atoms. The quantitative estimate of drug-likeness (QED) is 0.0317. The first-order valence-corrected chi connectivity index (χ1v) is 30.2. The van der Waals surface area contributed by atoms with E-state index in [0.29, 0.717) is 78.8 Å². The number of phenols is 1. The lowest BCUT2D eigenvalue weighted by Crippen LogP contribution is -2.56. The summed E-state index contributed by atoms with van der Waals surface area (Å²) in [6.45, 7) is 4.15. The summed E-state index contributed by atoms with van der Waals surface area (Å²) in [7, 11) is 0. The number of nitrogens with two attached hydrogens (primary N) is 1. The van der Waals surface area contributed by atoms with E-state index in [1.807, 2.05) is 0 Å². The van der Waals surface area contributed by atoms with Gasteiger partial charge < -0.3 is 73.4 Å². The number of nitrogens with zero attached hydrogens (tertiary/aromatic N) is 3. The highest BCUT2D eigenvalue weighted by atomic mass is 32.2. The van der Waals surface area contributed by atoms with Gasteiger partial charge in [-0.3, -0.25) is 67.3 Å². The molecule has 1 aromatic carbocycles. The second-order valence-electron chi connectivity index (χ2n) is 23.0. The molecule has 28 nitrogen and oxygen atoms in total. The number of fused-ring (bicyclic) bond motifs is 5. The van der Waals surface area contributed by atoms with E-state index in [1.54, 1.807) is 19.9 Å². The molecular formula is C57H81N11O17S. The second kappa shape index (κ2) is 30.9. The molecule has 0 saturated carbocycles. The Morgan fingerprint density at radius 1 is 0.849 bits per heavy atom. The van der Waals surface area contributed by atoms with Crippen LogP contribution in [0.2, 0.25) is 0 Å².